The second-order valence-corrected chi connectivity index (χ2v) is 7.57. The van der Waals surface area contributed by atoms with Crippen LogP contribution < -0.4 is 15.6 Å². The van der Waals surface area contributed by atoms with Gasteiger partial charge in [-0.25, -0.2) is 5.43 Å². The molecule has 0 aliphatic heterocycles. The summed E-state index contributed by atoms with van der Waals surface area (Å²) in [6.45, 7) is 0.0768. The molecule has 0 saturated carbocycles. The van der Waals surface area contributed by atoms with Gasteiger partial charge < -0.3 is 9.15 Å². The van der Waals surface area contributed by atoms with E-state index in [4.69, 9.17) is 9.15 Å². The SMILES string of the molecule is O=C(N/N=C/c1cccc(OCc2coc3ccccc3c2=O)c1)c1cccc(Br)c1. The molecule has 4 rings (SSSR count). The Bertz CT molecular complexity index is 1330. The van der Waals surface area contributed by atoms with Crippen molar-refractivity contribution in [2.75, 3.05) is 0 Å². The number of hydrogen-bond acceptors (Lipinski definition) is 5. The van der Waals surface area contributed by atoms with Gasteiger partial charge in [-0.15, -0.1) is 0 Å². The molecule has 1 N–H and O–H groups in total. The topological polar surface area (TPSA) is 80.9 Å². The molecule has 0 saturated heterocycles. The summed E-state index contributed by atoms with van der Waals surface area (Å²) in [5.74, 6) is 0.253. The minimum Gasteiger partial charge on any atom is -0.489 e. The number of carbonyl (C=O) groups excluding carboxylic acids is 1. The van der Waals surface area contributed by atoms with Crippen molar-refractivity contribution < 1.29 is 13.9 Å². The van der Waals surface area contributed by atoms with Gasteiger partial charge in [-0.3, -0.25) is 9.59 Å². The summed E-state index contributed by atoms with van der Waals surface area (Å²) < 4.78 is 12.1. The van der Waals surface area contributed by atoms with Gasteiger partial charge in [0.1, 0.15) is 24.2 Å². The zero-order valence-corrected chi connectivity index (χ0v) is 17.8. The van der Waals surface area contributed by atoms with E-state index in [0.29, 0.717) is 27.8 Å². The van der Waals surface area contributed by atoms with Crippen molar-refractivity contribution in [2.24, 2.45) is 5.10 Å². The number of hydrazone groups is 1. The summed E-state index contributed by atoms with van der Waals surface area (Å²) in [6.07, 6.45) is 2.95. The summed E-state index contributed by atoms with van der Waals surface area (Å²) in [7, 11) is 0. The molecule has 1 amide bonds. The molecule has 6 nitrogen and oxygen atoms in total. The zero-order chi connectivity index (χ0) is 21.6. The van der Waals surface area contributed by atoms with Gasteiger partial charge in [-0.1, -0.05) is 46.3 Å². The van der Waals surface area contributed by atoms with Crippen molar-refractivity contribution >= 4 is 39.0 Å². The molecule has 0 aliphatic carbocycles. The molecule has 31 heavy (non-hydrogen) atoms. The molecule has 7 heteroatoms. The van der Waals surface area contributed by atoms with E-state index in [9.17, 15) is 9.59 Å². The van der Waals surface area contributed by atoms with Crippen LogP contribution in [0.5, 0.6) is 5.75 Å². The predicted molar refractivity (Wildman–Crippen MR) is 122 cm³/mol. The Balaban J connectivity index is 1.40. The van der Waals surface area contributed by atoms with Crippen molar-refractivity contribution in [2.45, 2.75) is 6.61 Å². The van der Waals surface area contributed by atoms with E-state index in [1.165, 1.54) is 12.5 Å². The van der Waals surface area contributed by atoms with Gasteiger partial charge in [-0.05, 0) is 48.0 Å². The quantitative estimate of drug-likeness (QED) is 0.317. The first-order chi connectivity index (χ1) is 15.1. The standard InChI is InChI=1S/C24H17BrN2O4/c25-19-7-4-6-17(12-19)24(29)27-26-13-16-5-3-8-20(11-16)30-14-18-15-31-22-10-2-1-9-21(22)23(18)28/h1-13,15H,14H2,(H,27,29)/b26-13+. The highest BCUT2D eigenvalue weighted by molar-refractivity contribution is 9.10. The molecule has 1 aromatic heterocycles. The molecule has 3 aromatic carbocycles. The second-order valence-electron chi connectivity index (χ2n) is 6.66. The van der Waals surface area contributed by atoms with E-state index in [1.54, 1.807) is 54.6 Å². The number of benzene rings is 3. The highest BCUT2D eigenvalue weighted by Crippen LogP contribution is 2.16. The van der Waals surface area contributed by atoms with Crippen molar-refractivity contribution in [1.82, 2.24) is 5.43 Å². The summed E-state index contributed by atoms with van der Waals surface area (Å²) >= 11 is 3.33. The number of ether oxygens (including phenoxy) is 1. The third-order valence-electron chi connectivity index (χ3n) is 4.47. The lowest BCUT2D eigenvalue weighted by molar-refractivity contribution is 0.0955. The fourth-order valence-electron chi connectivity index (χ4n) is 2.92. The summed E-state index contributed by atoms with van der Waals surface area (Å²) in [5, 5.41) is 4.51. The van der Waals surface area contributed by atoms with Gasteiger partial charge in [0.25, 0.3) is 5.91 Å². The van der Waals surface area contributed by atoms with E-state index in [1.807, 2.05) is 18.2 Å². The van der Waals surface area contributed by atoms with Crippen molar-refractivity contribution in [3.8, 4) is 5.75 Å². The van der Waals surface area contributed by atoms with Gasteiger partial charge in [-0.2, -0.15) is 5.10 Å². The Morgan fingerprint density at radius 1 is 1.06 bits per heavy atom. The zero-order valence-electron chi connectivity index (χ0n) is 16.2. The van der Waals surface area contributed by atoms with Crippen LogP contribution in [-0.2, 0) is 6.61 Å². The van der Waals surface area contributed by atoms with Crippen molar-refractivity contribution in [1.29, 1.82) is 0 Å². The number of carbonyl (C=O) groups is 1. The monoisotopic (exact) mass is 476 g/mol. The predicted octanol–water partition coefficient (Wildman–Crippen LogP) is 4.90. The van der Waals surface area contributed by atoms with Gasteiger partial charge >= 0.3 is 0 Å². The molecular formula is C24H17BrN2O4. The number of amides is 1. The number of para-hydroxylation sites is 1. The number of fused-ring (bicyclic) bond motifs is 1. The number of hydrogen-bond donors (Lipinski definition) is 1. The fraction of sp³-hybridized carbons (Fsp3) is 0.0417. The van der Waals surface area contributed by atoms with Gasteiger partial charge in [0.2, 0.25) is 0 Å². The third kappa shape index (κ3) is 5.07. The highest BCUT2D eigenvalue weighted by Gasteiger charge is 2.08. The smallest absolute Gasteiger partial charge is 0.271 e. The Kier molecular flexibility index (Phi) is 6.24. The van der Waals surface area contributed by atoms with Crippen LogP contribution >= 0.6 is 15.9 Å². The Morgan fingerprint density at radius 2 is 1.90 bits per heavy atom. The molecule has 0 atom stereocenters. The lowest BCUT2D eigenvalue weighted by Gasteiger charge is -2.07. The Hall–Kier alpha value is -3.71. The van der Waals surface area contributed by atoms with Crippen molar-refractivity contribution in [3.63, 3.8) is 0 Å². The van der Waals surface area contributed by atoms with Gasteiger partial charge in [0.05, 0.1) is 17.2 Å². The van der Waals surface area contributed by atoms with E-state index >= 15 is 0 Å². The summed E-state index contributed by atoms with van der Waals surface area (Å²) in [6, 6.07) is 21.3. The van der Waals surface area contributed by atoms with E-state index in [2.05, 4.69) is 26.5 Å². The number of halogens is 1. The average Bonchev–Trinajstić information content (AvgIpc) is 2.79. The van der Waals surface area contributed by atoms with E-state index in [0.717, 1.165) is 10.0 Å². The Morgan fingerprint density at radius 3 is 2.77 bits per heavy atom. The molecule has 154 valence electrons. The molecule has 0 radical (unpaired) electrons. The normalized spacial score (nSPS) is 11.0. The van der Waals surface area contributed by atoms with Crippen LogP contribution in [-0.4, -0.2) is 12.1 Å². The van der Waals surface area contributed by atoms with Crippen LogP contribution in [0.1, 0.15) is 21.5 Å². The average molecular weight is 477 g/mol. The first kappa shape index (κ1) is 20.6. The van der Waals surface area contributed by atoms with Gasteiger partial charge in [0, 0.05) is 10.0 Å². The number of nitrogens with one attached hydrogen (secondary N) is 1. The van der Waals surface area contributed by atoms with Crippen LogP contribution in [0.3, 0.4) is 0 Å². The van der Waals surface area contributed by atoms with Crippen LogP contribution in [0.4, 0.5) is 0 Å². The highest BCUT2D eigenvalue weighted by atomic mass is 79.9. The van der Waals surface area contributed by atoms with Crippen molar-refractivity contribution in [3.05, 3.63) is 110 Å². The maximum absolute atomic E-state index is 12.6. The molecule has 0 fully saturated rings. The molecule has 1 heterocycles. The third-order valence-corrected chi connectivity index (χ3v) is 4.96. The lowest BCUT2D eigenvalue weighted by atomic mass is 10.2. The van der Waals surface area contributed by atoms with E-state index in [-0.39, 0.29) is 17.9 Å². The first-order valence-corrected chi connectivity index (χ1v) is 10.2. The first-order valence-electron chi connectivity index (χ1n) is 9.41. The maximum atomic E-state index is 12.6. The molecular weight excluding hydrogens is 460 g/mol. The minimum atomic E-state index is -0.312. The fourth-order valence-corrected chi connectivity index (χ4v) is 3.32. The van der Waals surface area contributed by atoms with Gasteiger partial charge in [0.15, 0.2) is 5.43 Å². The van der Waals surface area contributed by atoms with Crippen LogP contribution in [0.2, 0.25) is 0 Å². The lowest BCUT2D eigenvalue weighted by Crippen LogP contribution is -2.17. The second kappa shape index (κ2) is 9.40. The maximum Gasteiger partial charge on any atom is 0.271 e. The summed E-state index contributed by atoms with van der Waals surface area (Å²) in [4.78, 5) is 24.7. The molecule has 0 spiro atoms. The number of rotatable bonds is 6. The van der Waals surface area contributed by atoms with Crippen LogP contribution in [0, 0.1) is 0 Å². The summed E-state index contributed by atoms with van der Waals surface area (Å²) in [5.41, 5.74) is 4.58. The molecule has 0 aliphatic rings. The molecule has 4 aromatic rings. The van der Waals surface area contributed by atoms with Crippen LogP contribution in [0.15, 0.2) is 97.8 Å². The minimum absolute atomic E-state index is 0.0768. The number of nitrogens with zero attached hydrogens (tertiary/aromatic N) is 1. The van der Waals surface area contributed by atoms with E-state index < -0.39 is 0 Å². The van der Waals surface area contributed by atoms with Crippen LogP contribution in [0.25, 0.3) is 11.0 Å². The largest absolute Gasteiger partial charge is 0.489 e. The molecule has 0 unspecified atom stereocenters. The molecule has 0 bridgehead atoms. The Labute approximate surface area is 186 Å².